The second-order valence-electron chi connectivity index (χ2n) is 14.1. The molecule has 8 N–H and O–H groups in total. The molecule has 0 unspecified atom stereocenters. The summed E-state index contributed by atoms with van der Waals surface area (Å²) in [4.78, 5) is 105. The average molecular weight is 798 g/mol. The Morgan fingerprint density at radius 1 is 0.393 bits per heavy atom. The Labute approximate surface area is 329 Å². The molecule has 0 spiro atoms. The maximum absolute atomic E-state index is 12.5. The van der Waals surface area contributed by atoms with Crippen LogP contribution in [0.2, 0.25) is 0 Å². The summed E-state index contributed by atoms with van der Waals surface area (Å²) in [7, 11) is 0. The molecule has 0 rings (SSSR count). The predicted octanol–water partition coefficient (Wildman–Crippen LogP) is 4.15. The zero-order chi connectivity index (χ0) is 42.0. The fraction of sp³-hybridized carbons (Fsp3) is 0.769. The first kappa shape index (κ1) is 51.4. The molecule has 0 aromatic carbocycles. The molecule has 0 fully saturated rings. The van der Waals surface area contributed by atoms with E-state index in [1.165, 1.54) is 51.4 Å². The lowest BCUT2D eigenvalue weighted by Crippen LogP contribution is -2.45. The molecule has 0 aliphatic carbocycles. The Hall–Kier alpha value is -4.57. The number of carboxylic acids is 4. The number of unbranched alkanes of at least 4 members (excludes halogenated alkanes) is 16. The van der Waals surface area contributed by atoms with Crippen molar-refractivity contribution in [2.24, 2.45) is 0 Å². The highest BCUT2D eigenvalue weighted by molar-refractivity contribution is 5.87. The molecule has 3 atom stereocenters. The first-order valence-corrected chi connectivity index (χ1v) is 20.2. The highest BCUT2D eigenvalue weighted by Crippen LogP contribution is 2.15. The smallest absolute Gasteiger partial charge is 0.326 e. The number of carboxylic acid groups (broad SMARTS) is 4. The maximum atomic E-state index is 12.5. The van der Waals surface area contributed by atoms with E-state index in [1.54, 1.807) is 6.29 Å². The molecule has 319 valence electrons. The summed E-state index contributed by atoms with van der Waals surface area (Å²) in [6.45, 7) is 0.207. The van der Waals surface area contributed by atoms with Gasteiger partial charge < -0.3 is 41.7 Å². The van der Waals surface area contributed by atoms with Crippen LogP contribution in [-0.2, 0) is 43.2 Å². The van der Waals surface area contributed by atoms with Crippen molar-refractivity contribution in [1.29, 1.82) is 0 Å². The molecule has 17 nitrogen and oxygen atoms in total. The number of rotatable bonds is 38. The highest BCUT2D eigenvalue weighted by atomic mass is 16.4. The summed E-state index contributed by atoms with van der Waals surface area (Å²) in [5.74, 6) is -7.49. The van der Waals surface area contributed by atoms with Crippen molar-refractivity contribution < 1.29 is 63.6 Å². The molecular formula is C39H65N4O13. The number of aliphatic carboxylic acids is 4. The number of carbonyl (C=O) groups is 8. The summed E-state index contributed by atoms with van der Waals surface area (Å²) in [5.41, 5.74) is 0. The second kappa shape index (κ2) is 33.7. The van der Waals surface area contributed by atoms with Crippen LogP contribution >= 0.6 is 0 Å². The Morgan fingerprint density at radius 3 is 1.02 bits per heavy atom. The first-order chi connectivity index (χ1) is 26.8. The summed E-state index contributed by atoms with van der Waals surface area (Å²) in [6.07, 6.45) is 17.7. The quantitative estimate of drug-likeness (QED) is 0.0408. The van der Waals surface area contributed by atoms with Crippen LogP contribution in [0.4, 0.5) is 0 Å². The highest BCUT2D eigenvalue weighted by Gasteiger charge is 2.26. The average Bonchev–Trinajstić information content (AvgIpc) is 3.14. The monoisotopic (exact) mass is 797 g/mol. The summed E-state index contributed by atoms with van der Waals surface area (Å²) < 4.78 is 0. The van der Waals surface area contributed by atoms with E-state index in [0.717, 1.165) is 44.9 Å². The fourth-order valence-electron chi connectivity index (χ4n) is 5.91. The van der Waals surface area contributed by atoms with E-state index in [9.17, 15) is 58.5 Å². The van der Waals surface area contributed by atoms with Crippen molar-refractivity contribution in [3.05, 3.63) is 0 Å². The van der Waals surface area contributed by atoms with Gasteiger partial charge in [-0.1, -0.05) is 89.9 Å². The second-order valence-corrected chi connectivity index (χ2v) is 14.1. The number of carbonyl (C=O) groups excluding carboxylic acids is 5. The normalized spacial score (nSPS) is 12.4. The van der Waals surface area contributed by atoms with Gasteiger partial charge in [0.1, 0.15) is 18.1 Å². The molecule has 0 saturated carbocycles. The number of hydrogen-bond acceptors (Lipinski definition) is 9. The van der Waals surface area contributed by atoms with Gasteiger partial charge in [0.2, 0.25) is 23.6 Å². The molecule has 0 aromatic rings. The number of hydrogen-bond donors (Lipinski definition) is 8. The maximum Gasteiger partial charge on any atom is 0.326 e. The molecule has 0 aliphatic rings. The van der Waals surface area contributed by atoms with Crippen molar-refractivity contribution in [3.63, 3.8) is 0 Å². The Balaban J connectivity index is 4.25. The Kier molecular flexibility index (Phi) is 31.0. The topological polar surface area (TPSA) is 283 Å². The lowest BCUT2D eigenvalue weighted by Gasteiger charge is -2.18. The third-order valence-corrected chi connectivity index (χ3v) is 9.20. The molecule has 0 bridgehead atoms. The molecule has 0 aliphatic heterocycles. The van der Waals surface area contributed by atoms with Crippen LogP contribution in [0.3, 0.4) is 0 Å². The van der Waals surface area contributed by atoms with Gasteiger partial charge in [0.05, 0.1) is 0 Å². The minimum atomic E-state index is -1.53. The van der Waals surface area contributed by atoms with Gasteiger partial charge in [-0.2, -0.15) is 0 Å². The summed E-state index contributed by atoms with van der Waals surface area (Å²) >= 11 is 0. The van der Waals surface area contributed by atoms with Crippen LogP contribution in [0.5, 0.6) is 0 Å². The van der Waals surface area contributed by atoms with Crippen LogP contribution in [0, 0.1) is 0 Å². The minimum absolute atomic E-state index is 0.138. The van der Waals surface area contributed by atoms with Crippen molar-refractivity contribution in [2.75, 3.05) is 6.54 Å². The van der Waals surface area contributed by atoms with Crippen LogP contribution in [0.1, 0.15) is 167 Å². The molecule has 1 radical (unpaired) electrons. The molecule has 0 aromatic heterocycles. The van der Waals surface area contributed by atoms with E-state index in [2.05, 4.69) is 21.3 Å². The van der Waals surface area contributed by atoms with Crippen molar-refractivity contribution in [3.8, 4) is 0 Å². The van der Waals surface area contributed by atoms with Crippen molar-refractivity contribution >= 4 is 53.8 Å². The van der Waals surface area contributed by atoms with Crippen LogP contribution in [0.15, 0.2) is 0 Å². The van der Waals surface area contributed by atoms with Crippen molar-refractivity contribution in [2.45, 2.75) is 185 Å². The van der Waals surface area contributed by atoms with E-state index in [4.69, 9.17) is 5.11 Å². The van der Waals surface area contributed by atoms with Gasteiger partial charge in [0.15, 0.2) is 6.29 Å². The Bertz CT molecular complexity index is 1210. The first-order valence-electron chi connectivity index (χ1n) is 20.2. The van der Waals surface area contributed by atoms with Gasteiger partial charge in [-0.05, 0) is 38.5 Å². The summed E-state index contributed by atoms with van der Waals surface area (Å²) in [5, 5.41) is 46.5. The van der Waals surface area contributed by atoms with Gasteiger partial charge in [0.25, 0.3) is 0 Å². The van der Waals surface area contributed by atoms with Gasteiger partial charge in [-0.25, -0.2) is 14.4 Å². The molecular weight excluding hydrogens is 732 g/mol. The minimum Gasteiger partial charge on any atom is -0.481 e. The lowest BCUT2D eigenvalue weighted by atomic mass is 10.0. The van der Waals surface area contributed by atoms with E-state index in [1.807, 2.05) is 0 Å². The van der Waals surface area contributed by atoms with E-state index in [-0.39, 0.29) is 45.1 Å². The zero-order valence-electron chi connectivity index (χ0n) is 32.8. The zero-order valence-corrected chi connectivity index (χ0v) is 32.8. The molecule has 56 heavy (non-hydrogen) atoms. The fourth-order valence-corrected chi connectivity index (χ4v) is 5.91. The molecule has 17 heteroatoms. The van der Waals surface area contributed by atoms with Crippen LogP contribution in [0.25, 0.3) is 0 Å². The van der Waals surface area contributed by atoms with Gasteiger partial charge in [-0.3, -0.25) is 28.8 Å². The molecule has 0 saturated heterocycles. The third kappa shape index (κ3) is 30.7. The standard InChI is InChI=1S/C39H65N4O13/c44-28-18-17-27-40-32(45)24-21-29(37(51)52)42-34(47)26-23-31(39(55)56)43-35(48)25-22-30(38(53)54)41-33(46)19-15-13-11-9-7-5-3-1-2-4-6-8-10-12-14-16-20-36(49)50/h29-31H,1-27H2,(H,40,45)(H,41,46)(H,42,47)(H,43,48)(H,49,50)(H,51,52)(H,53,54)(H,55,56)/t29-,30-,31-/m0/s1. The number of amides is 4. The Morgan fingerprint density at radius 2 is 0.696 bits per heavy atom. The van der Waals surface area contributed by atoms with Crippen LogP contribution in [-0.4, -0.2) is 98.9 Å². The van der Waals surface area contributed by atoms with Gasteiger partial charge in [-0.15, -0.1) is 0 Å². The summed E-state index contributed by atoms with van der Waals surface area (Å²) in [6, 6.07) is -4.31. The van der Waals surface area contributed by atoms with E-state index >= 15 is 0 Å². The molecule has 4 amide bonds. The van der Waals surface area contributed by atoms with Crippen LogP contribution < -0.4 is 21.3 Å². The third-order valence-electron chi connectivity index (χ3n) is 9.20. The SMILES string of the molecule is O=[C]CCCNC(=O)CC[C@H](NC(=O)CC[C@H](NC(=O)CC[C@H](NC(=O)CCCCCCCCCCCCCCCCCCC(=O)O)C(=O)O)C(=O)O)C(=O)O. The predicted molar refractivity (Wildman–Crippen MR) is 205 cm³/mol. The lowest BCUT2D eigenvalue weighted by molar-refractivity contribution is -0.144. The van der Waals surface area contributed by atoms with Gasteiger partial charge >= 0.3 is 23.9 Å². The van der Waals surface area contributed by atoms with Gasteiger partial charge in [0, 0.05) is 45.1 Å². The van der Waals surface area contributed by atoms with E-state index < -0.39 is 84.9 Å². The number of nitrogens with one attached hydrogen (secondary N) is 4. The molecule has 0 heterocycles. The van der Waals surface area contributed by atoms with Crippen molar-refractivity contribution in [1.82, 2.24) is 21.3 Å². The van der Waals surface area contributed by atoms with E-state index in [0.29, 0.717) is 12.8 Å². The largest absolute Gasteiger partial charge is 0.481 e.